The molecule has 1 aromatic heterocycles. The highest BCUT2D eigenvalue weighted by Crippen LogP contribution is 2.18. The van der Waals surface area contributed by atoms with Crippen molar-refractivity contribution in [3.63, 3.8) is 0 Å². The summed E-state index contributed by atoms with van der Waals surface area (Å²) in [7, 11) is 3.81. The third-order valence-electron chi connectivity index (χ3n) is 4.22. The molecular weight excluding hydrogens is 332 g/mol. The lowest BCUT2D eigenvalue weighted by atomic mass is 10.2. The first-order valence-electron chi connectivity index (χ1n) is 8.66. The summed E-state index contributed by atoms with van der Waals surface area (Å²) >= 11 is 0. The van der Waals surface area contributed by atoms with Crippen molar-refractivity contribution in [2.24, 2.45) is 0 Å². The molecule has 7 nitrogen and oxygen atoms in total. The summed E-state index contributed by atoms with van der Waals surface area (Å²) in [6, 6.07) is 11.3. The Morgan fingerprint density at radius 3 is 2.81 bits per heavy atom. The Morgan fingerprint density at radius 1 is 1.27 bits per heavy atom. The Kier molecular flexibility index (Phi) is 5.55. The fourth-order valence-corrected chi connectivity index (χ4v) is 2.78. The molecule has 1 unspecified atom stereocenters. The zero-order chi connectivity index (χ0) is 18.5. The van der Waals surface area contributed by atoms with Crippen LogP contribution in [0.5, 0.6) is 11.6 Å². The number of ether oxygens (including phenoxy) is 2. The van der Waals surface area contributed by atoms with E-state index in [2.05, 4.69) is 10.2 Å². The van der Waals surface area contributed by atoms with Gasteiger partial charge in [-0.3, -0.25) is 4.79 Å². The number of anilines is 1. The van der Waals surface area contributed by atoms with Crippen molar-refractivity contribution < 1.29 is 14.3 Å². The molecule has 2 heterocycles. The van der Waals surface area contributed by atoms with E-state index in [-0.39, 0.29) is 18.6 Å². The minimum absolute atomic E-state index is 0.0352. The number of nitrogens with zero attached hydrogens (tertiary/aromatic N) is 4. The predicted octanol–water partition coefficient (Wildman–Crippen LogP) is 1.91. The molecule has 3 rings (SSSR count). The highest BCUT2D eigenvalue weighted by atomic mass is 16.5. The number of likely N-dealkylation sites (tertiary alicyclic amines) is 1. The number of carbonyl (C=O) groups is 1. The molecule has 0 spiro atoms. The van der Waals surface area contributed by atoms with Gasteiger partial charge in [0.25, 0.3) is 5.91 Å². The molecule has 1 aliphatic rings. The number of rotatable bonds is 6. The topological polar surface area (TPSA) is 67.8 Å². The molecule has 1 amide bonds. The van der Waals surface area contributed by atoms with Gasteiger partial charge in [-0.15, -0.1) is 10.2 Å². The van der Waals surface area contributed by atoms with E-state index in [0.717, 1.165) is 17.8 Å². The molecule has 0 radical (unpaired) electrons. The average molecular weight is 356 g/mol. The van der Waals surface area contributed by atoms with Crippen LogP contribution in [0, 0.1) is 6.92 Å². The summed E-state index contributed by atoms with van der Waals surface area (Å²) in [5.74, 6) is 1.92. The van der Waals surface area contributed by atoms with Crippen molar-refractivity contribution in [3.05, 3.63) is 42.0 Å². The summed E-state index contributed by atoms with van der Waals surface area (Å²) in [4.78, 5) is 16.0. The Balaban J connectivity index is 1.47. The number of amides is 1. The standard InChI is InChI=1S/C19H24N4O3/c1-14-5-4-6-15(11-14)25-13-19(24)23-10-9-16(12-23)26-18-8-7-17(20-21-18)22(2)3/h4-8,11,16H,9-10,12-13H2,1-3H3. The third kappa shape index (κ3) is 4.62. The Bertz CT molecular complexity index is 749. The van der Waals surface area contributed by atoms with Crippen LogP contribution in [0.25, 0.3) is 0 Å². The van der Waals surface area contributed by atoms with Crippen LogP contribution in [0.15, 0.2) is 36.4 Å². The maximum absolute atomic E-state index is 12.3. The minimum Gasteiger partial charge on any atom is -0.484 e. The van der Waals surface area contributed by atoms with Gasteiger partial charge in [-0.2, -0.15) is 0 Å². The van der Waals surface area contributed by atoms with Gasteiger partial charge in [-0.1, -0.05) is 12.1 Å². The van der Waals surface area contributed by atoms with Crippen molar-refractivity contribution in [2.45, 2.75) is 19.4 Å². The summed E-state index contributed by atoms with van der Waals surface area (Å²) in [6.45, 7) is 3.22. The lowest BCUT2D eigenvalue weighted by molar-refractivity contribution is -0.132. The predicted molar refractivity (Wildman–Crippen MR) is 98.6 cm³/mol. The molecule has 1 atom stereocenters. The van der Waals surface area contributed by atoms with Crippen LogP contribution in [0.3, 0.4) is 0 Å². The van der Waals surface area contributed by atoms with Gasteiger partial charge in [0.05, 0.1) is 6.54 Å². The highest BCUT2D eigenvalue weighted by molar-refractivity contribution is 5.78. The molecule has 7 heteroatoms. The first-order chi connectivity index (χ1) is 12.5. The number of aryl methyl sites for hydroxylation is 1. The summed E-state index contributed by atoms with van der Waals surface area (Å²) < 4.78 is 11.4. The number of benzene rings is 1. The second-order valence-corrected chi connectivity index (χ2v) is 6.60. The number of carbonyl (C=O) groups excluding carboxylic acids is 1. The Hall–Kier alpha value is -2.83. The maximum atomic E-state index is 12.3. The normalized spacial score (nSPS) is 16.4. The van der Waals surface area contributed by atoms with Gasteiger partial charge in [0, 0.05) is 33.1 Å². The van der Waals surface area contributed by atoms with Crippen molar-refractivity contribution in [2.75, 3.05) is 38.7 Å². The zero-order valence-electron chi connectivity index (χ0n) is 15.4. The lowest BCUT2D eigenvalue weighted by Crippen LogP contribution is -2.34. The second kappa shape index (κ2) is 8.03. The molecule has 1 aromatic carbocycles. The third-order valence-corrected chi connectivity index (χ3v) is 4.22. The van der Waals surface area contributed by atoms with Crippen molar-refractivity contribution >= 4 is 11.7 Å². The van der Waals surface area contributed by atoms with Crippen LogP contribution in [0.2, 0.25) is 0 Å². The quantitative estimate of drug-likeness (QED) is 0.788. The molecule has 0 saturated carbocycles. The molecule has 0 aliphatic carbocycles. The summed E-state index contributed by atoms with van der Waals surface area (Å²) in [5.41, 5.74) is 1.10. The van der Waals surface area contributed by atoms with Gasteiger partial charge in [-0.25, -0.2) is 0 Å². The smallest absolute Gasteiger partial charge is 0.260 e. The van der Waals surface area contributed by atoms with E-state index < -0.39 is 0 Å². The van der Waals surface area contributed by atoms with Gasteiger partial charge in [0.2, 0.25) is 5.88 Å². The van der Waals surface area contributed by atoms with E-state index in [9.17, 15) is 4.79 Å². The average Bonchev–Trinajstić information content (AvgIpc) is 3.09. The van der Waals surface area contributed by atoms with E-state index >= 15 is 0 Å². The van der Waals surface area contributed by atoms with Gasteiger partial charge in [0.15, 0.2) is 12.4 Å². The van der Waals surface area contributed by atoms with E-state index in [1.54, 1.807) is 11.0 Å². The lowest BCUT2D eigenvalue weighted by Gasteiger charge is -2.17. The van der Waals surface area contributed by atoms with Crippen LogP contribution in [-0.2, 0) is 4.79 Å². The van der Waals surface area contributed by atoms with Crippen LogP contribution in [-0.4, -0.2) is 60.9 Å². The summed E-state index contributed by atoms with van der Waals surface area (Å²) in [6.07, 6.45) is 0.699. The van der Waals surface area contributed by atoms with Gasteiger partial charge in [0.1, 0.15) is 11.9 Å². The molecule has 2 aromatic rings. The van der Waals surface area contributed by atoms with Crippen molar-refractivity contribution in [3.8, 4) is 11.6 Å². The molecular formula is C19H24N4O3. The van der Waals surface area contributed by atoms with Crippen LogP contribution < -0.4 is 14.4 Å². The van der Waals surface area contributed by atoms with Crippen LogP contribution in [0.4, 0.5) is 5.82 Å². The fraction of sp³-hybridized carbons (Fsp3) is 0.421. The zero-order valence-corrected chi connectivity index (χ0v) is 15.4. The first-order valence-corrected chi connectivity index (χ1v) is 8.66. The van der Waals surface area contributed by atoms with Gasteiger partial charge >= 0.3 is 0 Å². The SMILES string of the molecule is Cc1cccc(OCC(=O)N2CCC(Oc3ccc(N(C)C)nn3)C2)c1. The van der Waals surface area contributed by atoms with E-state index in [1.165, 1.54) is 0 Å². The monoisotopic (exact) mass is 356 g/mol. The second-order valence-electron chi connectivity index (χ2n) is 6.60. The molecule has 0 bridgehead atoms. The van der Waals surface area contributed by atoms with Gasteiger partial charge in [-0.05, 0) is 30.7 Å². The maximum Gasteiger partial charge on any atom is 0.260 e. The summed E-state index contributed by atoms with van der Waals surface area (Å²) in [5, 5.41) is 8.17. The Labute approximate surface area is 153 Å². The molecule has 1 saturated heterocycles. The molecule has 138 valence electrons. The van der Waals surface area contributed by atoms with Crippen molar-refractivity contribution in [1.29, 1.82) is 0 Å². The highest BCUT2D eigenvalue weighted by Gasteiger charge is 2.28. The number of hydrogen-bond donors (Lipinski definition) is 0. The first kappa shape index (κ1) is 18.0. The molecule has 0 N–H and O–H groups in total. The van der Waals surface area contributed by atoms with Crippen molar-refractivity contribution in [1.82, 2.24) is 15.1 Å². The fourth-order valence-electron chi connectivity index (χ4n) is 2.78. The largest absolute Gasteiger partial charge is 0.484 e. The van der Waals surface area contributed by atoms with E-state index in [4.69, 9.17) is 9.47 Å². The van der Waals surface area contributed by atoms with Gasteiger partial charge < -0.3 is 19.3 Å². The Morgan fingerprint density at radius 2 is 2.12 bits per heavy atom. The molecule has 26 heavy (non-hydrogen) atoms. The van der Waals surface area contributed by atoms with Crippen LogP contribution in [0.1, 0.15) is 12.0 Å². The molecule has 1 fully saturated rings. The number of hydrogen-bond acceptors (Lipinski definition) is 6. The minimum atomic E-state index is -0.0718. The van der Waals surface area contributed by atoms with Crippen LogP contribution >= 0.6 is 0 Å². The number of aromatic nitrogens is 2. The van der Waals surface area contributed by atoms with E-state index in [1.807, 2.05) is 56.3 Å². The van der Waals surface area contributed by atoms with E-state index in [0.29, 0.717) is 24.7 Å². The molecule has 1 aliphatic heterocycles.